The van der Waals surface area contributed by atoms with Crippen LogP contribution >= 0.6 is 0 Å². The molecular formula is C11H15NO6S. The van der Waals surface area contributed by atoms with Crippen LogP contribution in [-0.2, 0) is 10.0 Å². The lowest BCUT2D eigenvalue weighted by molar-refractivity contribution is -0.0646. The summed E-state index contributed by atoms with van der Waals surface area (Å²) in [5, 5.41) is 17.8. The third-order valence-electron chi connectivity index (χ3n) is 3.57. The molecule has 1 aromatic rings. The van der Waals surface area contributed by atoms with Gasteiger partial charge in [-0.2, -0.15) is 0 Å². The summed E-state index contributed by atoms with van der Waals surface area (Å²) in [7, 11) is -3.92. The summed E-state index contributed by atoms with van der Waals surface area (Å²) < 4.78 is 31.1. The fourth-order valence-corrected chi connectivity index (χ4v) is 3.26. The number of hydrogen-bond donors (Lipinski definition) is 3. The molecular weight excluding hydrogens is 274 g/mol. The van der Waals surface area contributed by atoms with E-state index >= 15 is 0 Å². The first-order valence-corrected chi connectivity index (χ1v) is 7.16. The Balaban J connectivity index is 2.17. The van der Waals surface area contributed by atoms with Crippen LogP contribution in [0.15, 0.2) is 21.6 Å². The van der Waals surface area contributed by atoms with Crippen LogP contribution in [0.1, 0.15) is 30.8 Å². The SMILES string of the molecule is CC1(C)C(O)CC1NS(=O)(=O)c1ccc(C(=O)O)o1. The summed E-state index contributed by atoms with van der Waals surface area (Å²) in [6, 6.07) is 1.76. The Hall–Kier alpha value is -1.38. The van der Waals surface area contributed by atoms with Gasteiger partial charge in [-0.1, -0.05) is 13.8 Å². The molecule has 1 aliphatic carbocycles. The highest BCUT2D eigenvalue weighted by Gasteiger charge is 2.49. The molecule has 19 heavy (non-hydrogen) atoms. The van der Waals surface area contributed by atoms with E-state index in [9.17, 15) is 18.3 Å². The highest BCUT2D eigenvalue weighted by atomic mass is 32.2. The van der Waals surface area contributed by atoms with E-state index in [1.54, 1.807) is 13.8 Å². The molecule has 0 bridgehead atoms. The van der Waals surface area contributed by atoms with Crippen molar-refractivity contribution in [3.63, 3.8) is 0 Å². The first-order valence-electron chi connectivity index (χ1n) is 5.68. The number of aliphatic hydroxyl groups excluding tert-OH is 1. The lowest BCUT2D eigenvalue weighted by atomic mass is 9.65. The number of sulfonamides is 1. The minimum absolute atomic E-state index is 0.318. The van der Waals surface area contributed by atoms with Gasteiger partial charge in [0.05, 0.1) is 6.10 Å². The molecule has 1 aromatic heterocycles. The fraction of sp³-hybridized carbons (Fsp3) is 0.545. The van der Waals surface area contributed by atoms with Gasteiger partial charge in [-0.3, -0.25) is 0 Å². The molecule has 8 heteroatoms. The van der Waals surface area contributed by atoms with Gasteiger partial charge in [-0.05, 0) is 18.6 Å². The van der Waals surface area contributed by atoms with Crippen molar-refractivity contribution in [2.45, 2.75) is 37.5 Å². The van der Waals surface area contributed by atoms with Crippen molar-refractivity contribution in [2.75, 3.05) is 0 Å². The maximum atomic E-state index is 12.0. The van der Waals surface area contributed by atoms with Crippen LogP contribution in [0.2, 0.25) is 0 Å². The first-order chi connectivity index (χ1) is 8.64. The maximum absolute atomic E-state index is 12.0. The maximum Gasteiger partial charge on any atom is 0.371 e. The standard InChI is InChI=1S/C11H15NO6S/c1-11(2)7(5-8(11)13)12-19(16,17)9-4-3-6(18-9)10(14)15/h3-4,7-8,12-13H,5H2,1-2H3,(H,14,15). The summed E-state index contributed by atoms with van der Waals surface area (Å²) in [5.74, 6) is -1.77. The first kappa shape index (κ1) is 14.0. The van der Waals surface area contributed by atoms with E-state index in [0.29, 0.717) is 6.42 Å². The summed E-state index contributed by atoms with van der Waals surface area (Å²) in [6.45, 7) is 3.50. The van der Waals surface area contributed by atoms with Crippen molar-refractivity contribution in [1.82, 2.24) is 4.72 Å². The summed E-state index contributed by atoms with van der Waals surface area (Å²) >= 11 is 0. The number of aliphatic hydroxyl groups is 1. The average Bonchev–Trinajstić information content (AvgIpc) is 2.78. The van der Waals surface area contributed by atoms with Crippen LogP contribution in [0.5, 0.6) is 0 Å². The Morgan fingerprint density at radius 3 is 2.53 bits per heavy atom. The second kappa shape index (κ2) is 4.32. The van der Waals surface area contributed by atoms with Crippen LogP contribution < -0.4 is 4.72 Å². The lowest BCUT2D eigenvalue weighted by Gasteiger charge is -2.48. The van der Waals surface area contributed by atoms with Crippen molar-refractivity contribution in [1.29, 1.82) is 0 Å². The molecule has 0 spiro atoms. The van der Waals surface area contributed by atoms with Crippen LogP contribution in [0.4, 0.5) is 0 Å². The van der Waals surface area contributed by atoms with Gasteiger partial charge in [0.2, 0.25) is 10.9 Å². The van der Waals surface area contributed by atoms with E-state index in [2.05, 4.69) is 4.72 Å². The topological polar surface area (TPSA) is 117 Å². The molecule has 0 aliphatic heterocycles. The van der Waals surface area contributed by atoms with Gasteiger partial charge in [0, 0.05) is 11.5 Å². The van der Waals surface area contributed by atoms with E-state index < -0.39 is 44.4 Å². The molecule has 1 aliphatic rings. The number of rotatable bonds is 4. The molecule has 2 unspecified atom stereocenters. The molecule has 7 nitrogen and oxygen atoms in total. The molecule has 0 aromatic carbocycles. The van der Waals surface area contributed by atoms with Gasteiger partial charge in [-0.15, -0.1) is 0 Å². The second-order valence-electron chi connectivity index (χ2n) is 5.17. The zero-order valence-corrected chi connectivity index (χ0v) is 11.3. The van der Waals surface area contributed by atoms with E-state index in [0.717, 1.165) is 12.1 Å². The van der Waals surface area contributed by atoms with Gasteiger partial charge in [0.25, 0.3) is 10.0 Å². The molecule has 2 rings (SSSR count). The number of carbonyl (C=O) groups is 1. The average molecular weight is 289 g/mol. The minimum atomic E-state index is -3.92. The largest absolute Gasteiger partial charge is 0.475 e. The molecule has 3 N–H and O–H groups in total. The Morgan fingerprint density at radius 1 is 1.47 bits per heavy atom. The molecule has 1 fully saturated rings. The molecule has 0 saturated heterocycles. The molecule has 0 amide bonds. The fourth-order valence-electron chi connectivity index (χ4n) is 1.93. The predicted molar refractivity (Wildman–Crippen MR) is 64.2 cm³/mol. The molecule has 106 valence electrons. The van der Waals surface area contributed by atoms with E-state index in [1.807, 2.05) is 0 Å². The highest BCUT2D eigenvalue weighted by molar-refractivity contribution is 7.89. The van der Waals surface area contributed by atoms with Crippen molar-refractivity contribution >= 4 is 16.0 Å². The Kier molecular flexibility index (Phi) is 3.20. The van der Waals surface area contributed by atoms with Crippen LogP contribution in [0.25, 0.3) is 0 Å². The molecule has 1 saturated carbocycles. The second-order valence-corrected chi connectivity index (χ2v) is 6.82. The summed E-state index contributed by atoms with van der Waals surface area (Å²) in [6.07, 6.45) is -0.245. The number of carboxylic acids is 1. The van der Waals surface area contributed by atoms with Gasteiger partial charge in [0.1, 0.15) is 0 Å². The normalized spacial score (nSPS) is 25.8. The number of carboxylic acid groups (broad SMARTS) is 1. The number of hydrogen-bond acceptors (Lipinski definition) is 5. The monoisotopic (exact) mass is 289 g/mol. The molecule has 1 heterocycles. The zero-order chi connectivity index (χ0) is 14.4. The Morgan fingerprint density at radius 2 is 2.11 bits per heavy atom. The van der Waals surface area contributed by atoms with Gasteiger partial charge in [-0.25, -0.2) is 17.9 Å². The van der Waals surface area contributed by atoms with Crippen LogP contribution in [0.3, 0.4) is 0 Å². The van der Waals surface area contributed by atoms with E-state index in [1.165, 1.54) is 0 Å². The van der Waals surface area contributed by atoms with Crippen molar-refractivity contribution in [2.24, 2.45) is 5.41 Å². The third kappa shape index (κ3) is 2.38. The number of furan rings is 1. The van der Waals surface area contributed by atoms with Gasteiger partial charge < -0.3 is 14.6 Å². The van der Waals surface area contributed by atoms with E-state index in [4.69, 9.17) is 9.52 Å². The van der Waals surface area contributed by atoms with Gasteiger partial charge >= 0.3 is 5.97 Å². The van der Waals surface area contributed by atoms with Crippen molar-refractivity contribution in [3.8, 4) is 0 Å². The zero-order valence-electron chi connectivity index (χ0n) is 10.5. The summed E-state index contributed by atoms with van der Waals surface area (Å²) in [5.41, 5.74) is -0.560. The smallest absolute Gasteiger partial charge is 0.371 e. The quantitative estimate of drug-likeness (QED) is 0.739. The Bertz CT molecular complexity index is 602. The number of aromatic carboxylic acids is 1. The lowest BCUT2D eigenvalue weighted by Crippen LogP contribution is -2.61. The van der Waals surface area contributed by atoms with Crippen LogP contribution in [0, 0.1) is 5.41 Å². The van der Waals surface area contributed by atoms with E-state index in [-0.39, 0.29) is 0 Å². The predicted octanol–water partition coefficient (Wildman–Crippen LogP) is 0.415. The van der Waals surface area contributed by atoms with Crippen LogP contribution in [-0.4, -0.2) is 36.7 Å². The molecule has 2 atom stereocenters. The van der Waals surface area contributed by atoms with Gasteiger partial charge in [0.15, 0.2) is 0 Å². The van der Waals surface area contributed by atoms with Crippen molar-refractivity contribution < 1.29 is 27.8 Å². The third-order valence-corrected chi connectivity index (χ3v) is 4.91. The Labute approximate surface area is 110 Å². The van der Waals surface area contributed by atoms with Crippen molar-refractivity contribution in [3.05, 3.63) is 17.9 Å². The molecule has 0 radical (unpaired) electrons. The minimum Gasteiger partial charge on any atom is -0.475 e. The highest BCUT2D eigenvalue weighted by Crippen LogP contribution is 2.41. The summed E-state index contributed by atoms with van der Waals surface area (Å²) in [4.78, 5) is 10.6. The number of nitrogens with one attached hydrogen (secondary N) is 1.